The maximum atomic E-state index is 12.9. The molecule has 146 valence electrons. The fourth-order valence-corrected chi connectivity index (χ4v) is 2.91. The van der Waals surface area contributed by atoms with Gasteiger partial charge in [-0.25, -0.2) is 4.79 Å². The van der Waals surface area contributed by atoms with Crippen molar-refractivity contribution in [3.8, 4) is 11.5 Å². The second-order valence-electron chi connectivity index (χ2n) is 7.30. The third-order valence-corrected chi connectivity index (χ3v) is 4.27. The van der Waals surface area contributed by atoms with Crippen LogP contribution in [0.15, 0.2) is 30.5 Å². The SMILES string of the molecule is COc1ccc(N(C(=O)OCc2ncc(C)c(OC)c2C)C(C)(C)C)cc1. The Morgan fingerprint density at radius 3 is 2.22 bits per heavy atom. The number of anilines is 1. The first-order valence-corrected chi connectivity index (χ1v) is 8.79. The summed E-state index contributed by atoms with van der Waals surface area (Å²) in [4.78, 5) is 18.9. The number of carbonyl (C=O) groups is 1. The van der Waals surface area contributed by atoms with Crippen molar-refractivity contribution in [2.75, 3.05) is 19.1 Å². The van der Waals surface area contributed by atoms with E-state index >= 15 is 0 Å². The van der Waals surface area contributed by atoms with Crippen LogP contribution in [0.2, 0.25) is 0 Å². The zero-order chi connectivity index (χ0) is 20.2. The summed E-state index contributed by atoms with van der Waals surface area (Å²) in [5.74, 6) is 1.49. The zero-order valence-electron chi connectivity index (χ0n) is 17.1. The number of carbonyl (C=O) groups excluding carboxylic acids is 1. The number of pyridine rings is 1. The van der Waals surface area contributed by atoms with Gasteiger partial charge in [0.15, 0.2) is 0 Å². The van der Waals surface area contributed by atoms with Crippen LogP contribution < -0.4 is 14.4 Å². The average molecular weight is 372 g/mol. The van der Waals surface area contributed by atoms with Gasteiger partial charge >= 0.3 is 6.09 Å². The van der Waals surface area contributed by atoms with Crippen LogP contribution in [0.3, 0.4) is 0 Å². The highest BCUT2D eigenvalue weighted by molar-refractivity contribution is 5.89. The van der Waals surface area contributed by atoms with E-state index in [1.165, 1.54) is 0 Å². The summed E-state index contributed by atoms with van der Waals surface area (Å²) < 4.78 is 16.2. The quantitative estimate of drug-likeness (QED) is 0.764. The third kappa shape index (κ3) is 4.70. The highest BCUT2D eigenvalue weighted by Crippen LogP contribution is 2.28. The first kappa shape index (κ1) is 20.6. The number of benzene rings is 1. The highest BCUT2D eigenvalue weighted by atomic mass is 16.6. The van der Waals surface area contributed by atoms with Crippen molar-refractivity contribution in [3.05, 3.63) is 47.3 Å². The molecule has 1 aromatic heterocycles. The first-order valence-electron chi connectivity index (χ1n) is 8.79. The molecule has 0 aliphatic rings. The minimum atomic E-state index is -0.459. The van der Waals surface area contributed by atoms with Crippen molar-refractivity contribution in [3.63, 3.8) is 0 Å². The summed E-state index contributed by atoms with van der Waals surface area (Å²) in [5, 5.41) is 0. The summed E-state index contributed by atoms with van der Waals surface area (Å²) in [5.41, 5.74) is 2.77. The molecule has 1 aromatic carbocycles. The lowest BCUT2D eigenvalue weighted by atomic mass is 10.1. The van der Waals surface area contributed by atoms with Gasteiger partial charge in [-0.1, -0.05) is 0 Å². The van der Waals surface area contributed by atoms with Crippen molar-refractivity contribution < 1.29 is 19.0 Å². The van der Waals surface area contributed by atoms with Crippen LogP contribution in [0.25, 0.3) is 0 Å². The predicted octanol–water partition coefficient (Wildman–Crippen LogP) is 4.66. The number of rotatable bonds is 5. The van der Waals surface area contributed by atoms with E-state index in [2.05, 4.69) is 4.98 Å². The fraction of sp³-hybridized carbons (Fsp3) is 0.429. The van der Waals surface area contributed by atoms with E-state index in [0.29, 0.717) is 5.69 Å². The van der Waals surface area contributed by atoms with Gasteiger partial charge in [0.1, 0.15) is 18.1 Å². The van der Waals surface area contributed by atoms with Crippen LogP contribution in [-0.2, 0) is 11.3 Å². The molecular weight excluding hydrogens is 344 g/mol. The van der Waals surface area contributed by atoms with Crippen LogP contribution in [0.1, 0.15) is 37.6 Å². The molecule has 0 spiro atoms. The van der Waals surface area contributed by atoms with E-state index in [4.69, 9.17) is 14.2 Å². The first-order chi connectivity index (χ1) is 12.7. The number of aryl methyl sites for hydroxylation is 1. The van der Waals surface area contributed by atoms with Gasteiger partial charge in [-0.3, -0.25) is 9.88 Å². The van der Waals surface area contributed by atoms with Gasteiger partial charge in [0.25, 0.3) is 0 Å². The van der Waals surface area contributed by atoms with Crippen molar-refractivity contribution in [1.82, 2.24) is 4.98 Å². The minimum Gasteiger partial charge on any atom is -0.497 e. The Balaban J connectivity index is 2.22. The van der Waals surface area contributed by atoms with Gasteiger partial charge in [0, 0.05) is 28.6 Å². The molecule has 0 atom stereocenters. The number of hydrogen-bond acceptors (Lipinski definition) is 5. The fourth-order valence-electron chi connectivity index (χ4n) is 2.91. The van der Waals surface area contributed by atoms with Crippen LogP contribution in [-0.4, -0.2) is 30.8 Å². The van der Waals surface area contributed by atoms with Gasteiger partial charge in [-0.05, 0) is 58.9 Å². The topological polar surface area (TPSA) is 60.9 Å². The zero-order valence-corrected chi connectivity index (χ0v) is 17.1. The molecule has 0 saturated carbocycles. The Morgan fingerprint density at radius 1 is 1.07 bits per heavy atom. The Bertz CT molecular complexity index is 795. The second-order valence-corrected chi connectivity index (χ2v) is 7.30. The van der Waals surface area contributed by atoms with Gasteiger partial charge < -0.3 is 14.2 Å². The van der Waals surface area contributed by atoms with Crippen LogP contribution in [0, 0.1) is 13.8 Å². The second kappa shape index (κ2) is 8.29. The molecule has 27 heavy (non-hydrogen) atoms. The largest absolute Gasteiger partial charge is 0.497 e. The van der Waals surface area contributed by atoms with Gasteiger partial charge in [0.05, 0.1) is 19.9 Å². The molecule has 0 fully saturated rings. The van der Waals surface area contributed by atoms with E-state index in [0.717, 1.165) is 28.3 Å². The molecule has 0 saturated heterocycles. The Hall–Kier alpha value is -2.76. The maximum Gasteiger partial charge on any atom is 0.415 e. The average Bonchev–Trinajstić information content (AvgIpc) is 2.61. The molecule has 1 amide bonds. The summed E-state index contributed by atoms with van der Waals surface area (Å²) in [6.07, 6.45) is 1.29. The molecule has 0 aliphatic carbocycles. The summed E-state index contributed by atoms with van der Waals surface area (Å²) in [6.45, 7) is 9.78. The number of aromatic nitrogens is 1. The molecule has 6 heteroatoms. The number of hydrogen-bond donors (Lipinski definition) is 0. The normalized spacial score (nSPS) is 11.1. The lowest BCUT2D eigenvalue weighted by molar-refractivity contribution is 0.140. The molecule has 0 unspecified atom stereocenters. The summed E-state index contributed by atoms with van der Waals surface area (Å²) in [6, 6.07) is 7.31. The van der Waals surface area contributed by atoms with E-state index < -0.39 is 11.6 Å². The third-order valence-electron chi connectivity index (χ3n) is 4.27. The number of nitrogens with zero attached hydrogens (tertiary/aromatic N) is 2. The van der Waals surface area contributed by atoms with Crippen molar-refractivity contribution in [2.45, 2.75) is 46.8 Å². The standard InChI is InChI=1S/C21H28N2O4/c1-14-12-22-18(15(2)19(14)26-7)13-27-20(24)23(21(3,4)5)16-8-10-17(25-6)11-9-16/h8-12H,13H2,1-7H3. The van der Waals surface area contributed by atoms with E-state index in [1.807, 2.05) is 58.9 Å². The lowest BCUT2D eigenvalue weighted by Gasteiger charge is -2.34. The lowest BCUT2D eigenvalue weighted by Crippen LogP contribution is -2.46. The van der Waals surface area contributed by atoms with Crippen LogP contribution >= 0.6 is 0 Å². The number of methoxy groups -OCH3 is 2. The monoisotopic (exact) mass is 372 g/mol. The molecular formula is C21H28N2O4. The Kier molecular flexibility index (Phi) is 6.31. The van der Waals surface area contributed by atoms with Crippen LogP contribution in [0.5, 0.6) is 11.5 Å². The molecule has 2 aromatic rings. The predicted molar refractivity (Wildman–Crippen MR) is 106 cm³/mol. The van der Waals surface area contributed by atoms with E-state index in [-0.39, 0.29) is 6.61 Å². The number of ether oxygens (including phenoxy) is 3. The maximum absolute atomic E-state index is 12.9. The highest BCUT2D eigenvalue weighted by Gasteiger charge is 2.29. The van der Waals surface area contributed by atoms with Crippen LogP contribution in [0.4, 0.5) is 10.5 Å². The molecule has 0 bridgehead atoms. The molecule has 1 heterocycles. The van der Waals surface area contributed by atoms with Crippen molar-refractivity contribution in [1.29, 1.82) is 0 Å². The van der Waals surface area contributed by atoms with Gasteiger partial charge in [0.2, 0.25) is 0 Å². The molecule has 0 N–H and O–H groups in total. The molecule has 0 radical (unpaired) electrons. The summed E-state index contributed by atoms with van der Waals surface area (Å²) >= 11 is 0. The minimum absolute atomic E-state index is 0.0735. The van der Waals surface area contributed by atoms with Gasteiger partial charge in [-0.2, -0.15) is 0 Å². The van der Waals surface area contributed by atoms with Crippen molar-refractivity contribution in [2.24, 2.45) is 0 Å². The van der Waals surface area contributed by atoms with Crippen molar-refractivity contribution >= 4 is 11.8 Å². The smallest absolute Gasteiger partial charge is 0.415 e. The molecule has 2 rings (SSSR count). The number of amides is 1. The Labute approximate surface area is 161 Å². The van der Waals surface area contributed by atoms with Gasteiger partial charge in [-0.15, -0.1) is 0 Å². The van der Waals surface area contributed by atoms with E-state index in [9.17, 15) is 4.79 Å². The molecule has 6 nitrogen and oxygen atoms in total. The summed E-state index contributed by atoms with van der Waals surface area (Å²) in [7, 11) is 3.23. The van der Waals surface area contributed by atoms with E-state index in [1.54, 1.807) is 25.3 Å². The Morgan fingerprint density at radius 2 is 1.70 bits per heavy atom. The molecule has 0 aliphatic heterocycles.